The molecule has 0 bridgehead atoms. The Balaban J connectivity index is 1.38. The van der Waals surface area contributed by atoms with Crippen LogP contribution in [0.15, 0.2) is 67.1 Å². The van der Waals surface area contributed by atoms with Gasteiger partial charge < -0.3 is 19.9 Å². The van der Waals surface area contributed by atoms with Gasteiger partial charge in [0.1, 0.15) is 17.1 Å². The first-order valence-corrected chi connectivity index (χ1v) is 9.65. The lowest BCUT2D eigenvalue weighted by molar-refractivity contribution is 0.252. The number of methoxy groups -OCH3 is 1. The summed E-state index contributed by atoms with van der Waals surface area (Å²) >= 11 is 0. The molecule has 0 saturated heterocycles. The predicted octanol–water partition coefficient (Wildman–Crippen LogP) is 3.71. The van der Waals surface area contributed by atoms with Crippen molar-refractivity contribution in [2.45, 2.75) is 13.0 Å². The molecule has 0 aliphatic rings. The molecule has 2 amide bonds. The zero-order valence-corrected chi connectivity index (χ0v) is 16.6. The summed E-state index contributed by atoms with van der Waals surface area (Å²) in [5.41, 5.74) is 3.35. The van der Waals surface area contributed by atoms with Crippen molar-refractivity contribution in [1.29, 1.82) is 0 Å². The summed E-state index contributed by atoms with van der Waals surface area (Å²) in [5, 5.41) is 5.69. The highest BCUT2D eigenvalue weighted by molar-refractivity contribution is 5.89. The van der Waals surface area contributed by atoms with Gasteiger partial charge in [0, 0.05) is 42.9 Å². The van der Waals surface area contributed by atoms with E-state index < -0.39 is 0 Å². The molecule has 3 aromatic heterocycles. The molecule has 0 fully saturated rings. The molecule has 30 heavy (non-hydrogen) atoms. The summed E-state index contributed by atoms with van der Waals surface area (Å²) in [6.07, 6.45) is 5.99. The average molecular weight is 402 g/mol. The second-order valence-corrected chi connectivity index (χ2v) is 6.63. The van der Waals surface area contributed by atoms with Crippen molar-refractivity contribution in [3.8, 4) is 17.1 Å². The Bertz CT molecular complexity index is 1130. The maximum absolute atomic E-state index is 12.1. The SMILES string of the molecule is COc1ccc(NC(=O)NCCCn2c(-c3ccncc3)nc3cccnc32)cc1. The highest BCUT2D eigenvalue weighted by atomic mass is 16.5. The number of hydrogen-bond donors (Lipinski definition) is 2. The van der Waals surface area contributed by atoms with E-state index in [2.05, 4.69) is 25.2 Å². The van der Waals surface area contributed by atoms with Gasteiger partial charge in [0.05, 0.1) is 7.11 Å². The van der Waals surface area contributed by atoms with Gasteiger partial charge in [-0.1, -0.05) is 0 Å². The summed E-state index contributed by atoms with van der Waals surface area (Å²) < 4.78 is 7.19. The Morgan fingerprint density at radius 3 is 2.63 bits per heavy atom. The zero-order chi connectivity index (χ0) is 20.8. The van der Waals surface area contributed by atoms with Crippen LogP contribution in [0.5, 0.6) is 5.75 Å². The number of nitrogens with zero attached hydrogens (tertiary/aromatic N) is 4. The van der Waals surface area contributed by atoms with Crippen molar-refractivity contribution in [3.05, 3.63) is 67.1 Å². The van der Waals surface area contributed by atoms with E-state index in [1.807, 2.05) is 24.3 Å². The standard InChI is InChI=1S/C22H22N6O2/c1-30-18-7-5-17(6-8-18)26-22(29)25-12-3-15-28-20(16-9-13-23-14-10-16)27-19-4-2-11-24-21(19)28/h2,4-11,13-14H,3,12,15H2,1H3,(H2,25,26,29). The summed E-state index contributed by atoms with van der Waals surface area (Å²) in [7, 11) is 1.61. The van der Waals surface area contributed by atoms with Crippen LogP contribution in [0.25, 0.3) is 22.6 Å². The molecule has 8 heteroatoms. The van der Waals surface area contributed by atoms with Gasteiger partial charge in [0.25, 0.3) is 0 Å². The summed E-state index contributed by atoms with van der Waals surface area (Å²) in [6, 6.07) is 14.6. The molecule has 8 nitrogen and oxygen atoms in total. The first-order chi connectivity index (χ1) is 14.7. The van der Waals surface area contributed by atoms with E-state index in [9.17, 15) is 4.79 Å². The lowest BCUT2D eigenvalue weighted by Crippen LogP contribution is -2.30. The maximum atomic E-state index is 12.1. The van der Waals surface area contributed by atoms with Gasteiger partial charge in [-0.25, -0.2) is 14.8 Å². The van der Waals surface area contributed by atoms with E-state index in [0.717, 1.165) is 34.7 Å². The molecule has 0 saturated carbocycles. The number of anilines is 1. The molecule has 0 aliphatic heterocycles. The first kappa shape index (κ1) is 19.4. The largest absolute Gasteiger partial charge is 0.497 e. The minimum atomic E-state index is -0.247. The molecule has 0 atom stereocenters. The molecule has 0 radical (unpaired) electrons. The Labute approximate surface area is 174 Å². The molecule has 0 aliphatic carbocycles. The molecule has 0 spiro atoms. The minimum absolute atomic E-state index is 0.247. The van der Waals surface area contributed by atoms with Crippen LogP contribution in [0.1, 0.15) is 6.42 Å². The van der Waals surface area contributed by atoms with Crippen LogP contribution in [-0.4, -0.2) is 39.2 Å². The summed E-state index contributed by atoms with van der Waals surface area (Å²) in [6.45, 7) is 1.19. The van der Waals surface area contributed by atoms with Crippen LogP contribution in [0.4, 0.5) is 10.5 Å². The van der Waals surface area contributed by atoms with E-state index in [-0.39, 0.29) is 6.03 Å². The quantitative estimate of drug-likeness (QED) is 0.460. The van der Waals surface area contributed by atoms with Gasteiger partial charge in [0.15, 0.2) is 5.65 Å². The molecule has 3 heterocycles. The summed E-state index contributed by atoms with van der Waals surface area (Å²) in [5.74, 6) is 1.58. The average Bonchev–Trinajstić information content (AvgIpc) is 3.16. The van der Waals surface area contributed by atoms with E-state index >= 15 is 0 Å². The number of amides is 2. The van der Waals surface area contributed by atoms with Crippen LogP contribution >= 0.6 is 0 Å². The topological polar surface area (TPSA) is 94.0 Å². The minimum Gasteiger partial charge on any atom is -0.497 e. The van der Waals surface area contributed by atoms with Crippen LogP contribution < -0.4 is 15.4 Å². The molecule has 2 N–H and O–H groups in total. The number of urea groups is 1. The Morgan fingerprint density at radius 1 is 1.07 bits per heavy atom. The number of aryl methyl sites for hydroxylation is 1. The number of fused-ring (bicyclic) bond motifs is 1. The fourth-order valence-corrected chi connectivity index (χ4v) is 3.18. The number of aromatic nitrogens is 4. The van der Waals surface area contributed by atoms with Crippen molar-refractivity contribution in [2.24, 2.45) is 0 Å². The number of pyridine rings is 2. The van der Waals surface area contributed by atoms with Gasteiger partial charge in [0.2, 0.25) is 0 Å². The number of hydrogen-bond acceptors (Lipinski definition) is 5. The van der Waals surface area contributed by atoms with E-state index in [0.29, 0.717) is 18.8 Å². The van der Waals surface area contributed by atoms with Gasteiger partial charge in [-0.05, 0) is 55.0 Å². The number of benzene rings is 1. The molecule has 0 unspecified atom stereocenters. The summed E-state index contributed by atoms with van der Waals surface area (Å²) in [4.78, 5) is 25.4. The van der Waals surface area contributed by atoms with Crippen molar-refractivity contribution < 1.29 is 9.53 Å². The van der Waals surface area contributed by atoms with E-state index in [1.165, 1.54) is 0 Å². The number of carbonyl (C=O) groups is 1. The van der Waals surface area contributed by atoms with E-state index in [1.54, 1.807) is 50.0 Å². The van der Waals surface area contributed by atoms with E-state index in [4.69, 9.17) is 9.72 Å². The van der Waals surface area contributed by atoms with Gasteiger partial charge in [-0.2, -0.15) is 0 Å². The molecule has 4 aromatic rings. The van der Waals surface area contributed by atoms with Gasteiger partial charge >= 0.3 is 6.03 Å². The van der Waals surface area contributed by atoms with Crippen LogP contribution in [-0.2, 0) is 6.54 Å². The molecule has 1 aromatic carbocycles. The molecule has 152 valence electrons. The van der Waals surface area contributed by atoms with Gasteiger partial charge in [-0.3, -0.25) is 4.98 Å². The van der Waals surface area contributed by atoms with Crippen molar-refractivity contribution in [3.63, 3.8) is 0 Å². The van der Waals surface area contributed by atoms with Gasteiger partial charge in [-0.15, -0.1) is 0 Å². The van der Waals surface area contributed by atoms with Crippen LogP contribution in [0.3, 0.4) is 0 Å². The number of rotatable bonds is 7. The first-order valence-electron chi connectivity index (χ1n) is 9.65. The normalized spacial score (nSPS) is 10.7. The third-order valence-electron chi connectivity index (χ3n) is 4.63. The number of nitrogens with one attached hydrogen (secondary N) is 2. The molecular formula is C22H22N6O2. The highest BCUT2D eigenvalue weighted by Gasteiger charge is 2.13. The predicted molar refractivity (Wildman–Crippen MR) is 115 cm³/mol. The Kier molecular flexibility index (Phi) is 5.84. The van der Waals surface area contributed by atoms with Crippen LogP contribution in [0, 0.1) is 0 Å². The third kappa shape index (κ3) is 4.38. The molecule has 4 rings (SSSR count). The maximum Gasteiger partial charge on any atom is 0.319 e. The Morgan fingerprint density at radius 2 is 1.87 bits per heavy atom. The number of carbonyl (C=O) groups excluding carboxylic acids is 1. The fourth-order valence-electron chi connectivity index (χ4n) is 3.18. The highest BCUT2D eigenvalue weighted by Crippen LogP contribution is 2.23. The third-order valence-corrected chi connectivity index (χ3v) is 4.63. The second kappa shape index (κ2) is 9.04. The smallest absolute Gasteiger partial charge is 0.319 e. The Hall–Kier alpha value is -3.94. The zero-order valence-electron chi connectivity index (χ0n) is 16.6. The number of imidazole rings is 1. The number of ether oxygens (including phenoxy) is 1. The lowest BCUT2D eigenvalue weighted by Gasteiger charge is -2.10. The monoisotopic (exact) mass is 402 g/mol. The second-order valence-electron chi connectivity index (χ2n) is 6.63. The molecular weight excluding hydrogens is 380 g/mol. The fraction of sp³-hybridized carbons (Fsp3) is 0.182. The van der Waals surface area contributed by atoms with Crippen molar-refractivity contribution in [1.82, 2.24) is 24.8 Å². The van der Waals surface area contributed by atoms with Crippen LogP contribution in [0.2, 0.25) is 0 Å². The van der Waals surface area contributed by atoms with Crippen molar-refractivity contribution in [2.75, 3.05) is 19.0 Å². The van der Waals surface area contributed by atoms with Crippen molar-refractivity contribution >= 4 is 22.9 Å². The lowest BCUT2D eigenvalue weighted by atomic mass is 10.2.